The molecule has 0 amide bonds. The third kappa shape index (κ3) is 6.55. The number of benzene rings is 10. The van der Waals surface area contributed by atoms with Gasteiger partial charge in [0, 0.05) is 61.1 Å². The molecule has 340 valence electrons. The third-order valence-corrected chi connectivity index (χ3v) is 14.9. The first-order chi connectivity index (χ1) is 35.5. The number of para-hydroxylation sites is 4. The van der Waals surface area contributed by atoms with Crippen LogP contribution in [0.2, 0.25) is 0 Å². The molecule has 0 spiro atoms. The number of anilines is 3. The van der Waals surface area contributed by atoms with E-state index in [1.54, 1.807) is 0 Å². The number of aromatic nitrogens is 4. The summed E-state index contributed by atoms with van der Waals surface area (Å²) in [5, 5.41) is 3.47. The molecule has 14 rings (SSSR count). The summed E-state index contributed by atoms with van der Waals surface area (Å²) >= 11 is 0. The van der Waals surface area contributed by atoms with Gasteiger partial charge in [0.2, 0.25) is 0 Å². The standard InChI is InChI=1S/C67H47N5/c1-67(2)58-27-15-12-24-53(58)54-40-38-52(43-59(54)67)70(51-39-41-62-57(42-51)55-25-14-17-29-61(55)71(62)48-20-8-4-9-21-48)50-36-34-45(35-37-50)44-30-32-47(33-31-44)66-69-64-56-26-13-16-28-60(56)68-63(46-18-6-3-7-19-46)65(64)72(66)49-22-10-5-11-23-49/h3-43H,1-2H3. The molecule has 3 heterocycles. The summed E-state index contributed by atoms with van der Waals surface area (Å²) < 4.78 is 4.66. The molecule has 3 aromatic heterocycles. The van der Waals surface area contributed by atoms with Gasteiger partial charge in [-0.3, -0.25) is 4.57 Å². The van der Waals surface area contributed by atoms with Crippen molar-refractivity contribution in [2.75, 3.05) is 4.90 Å². The van der Waals surface area contributed by atoms with Gasteiger partial charge in [0.05, 0.1) is 22.2 Å². The van der Waals surface area contributed by atoms with Gasteiger partial charge in [-0.1, -0.05) is 184 Å². The summed E-state index contributed by atoms with van der Waals surface area (Å²) in [6, 6.07) is 89.6. The van der Waals surface area contributed by atoms with E-state index in [9.17, 15) is 0 Å². The number of hydrogen-bond donors (Lipinski definition) is 0. The average molecular weight is 922 g/mol. The Morgan fingerprint density at radius 1 is 0.375 bits per heavy atom. The van der Waals surface area contributed by atoms with Gasteiger partial charge in [0.25, 0.3) is 0 Å². The fourth-order valence-electron chi connectivity index (χ4n) is 11.4. The molecule has 0 atom stereocenters. The van der Waals surface area contributed by atoms with E-state index in [0.717, 1.165) is 84.1 Å². The molecular weight excluding hydrogens is 875 g/mol. The van der Waals surface area contributed by atoms with Crippen molar-refractivity contribution in [1.82, 2.24) is 19.1 Å². The number of nitrogens with zero attached hydrogens (tertiary/aromatic N) is 5. The van der Waals surface area contributed by atoms with Gasteiger partial charge >= 0.3 is 0 Å². The van der Waals surface area contributed by atoms with Crippen molar-refractivity contribution in [3.8, 4) is 56.3 Å². The maximum absolute atomic E-state index is 5.48. The van der Waals surface area contributed by atoms with Crippen molar-refractivity contribution < 1.29 is 0 Å². The fourth-order valence-corrected chi connectivity index (χ4v) is 11.4. The molecule has 0 bridgehead atoms. The van der Waals surface area contributed by atoms with Crippen molar-refractivity contribution >= 4 is 60.8 Å². The fraction of sp³-hybridized carbons (Fsp3) is 0.0448. The highest BCUT2D eigenvalue weighted by Crippen LogP contribution is 2.51. The molecular formula is C67H47N5. The van der Waals surface area contributed by atoms with Gasteiger partial charge < -0.3 is 9.47 Å². The predicted octanol–water partition coefficient (Wildman–Crippen LogP) is 17.4. The molecule has 0 unspecified atom stereocenters. The predicted molar refractivity (Wildman–Crippen MR) is 299 cm³/mol. The lowest BCUT2D eigenvalue weighted by atomic mass is 9.82. The Hall–Kier alpha value is -9.32. The van der Waals surface area contributed by atoms with Crippen LogP contribution < -0.4 is 4.90 Å². The Morgan fingerprint density at radius 3 is 1.67 bits per heavy atom. The van der Waals surface area contributed by atoms with E-state index in [4.69, 9.17) is 9.97 Å². The highest BCUT2D eigenvalue weighted by Gasteiger charge is 2.36. The minimum Gasteiger partial charge on any atom is -0.310 e. The summed E-state index contributed by atoms with van der Waals surface area (Å²) in [4.78, 5) is 13.2. The molecule has 0 saturated heterocycles. The summed E-state index contributed by atoms with van der Waals surface area (Å²) in [6.45, 7) is 4.71. The van der Waals surface area contributed by atoms with Crippen molar-refractivity contribution in [2.24, 2.45) is 0 Å². The Kier molecular flexibility index (Phi) is 9.48. The van der Waals surface area contributed by atoms with E-state index in [1.807, 2.05) is 12.1 Å². The maximum Gasteiger partial charge on any atom is 0.145 e. The Bertz CT molecular complexity index is 4210. The third-order valence-electron chi connectivity index (χ3n) is 14.9. The summed E-state index contributed by atoms with van der Waals surface area (Å²) in [5.74, 6) is 0.869. The largest absolute Gasteiger partial charge is 0.310 e. The second-order valence-corrected chi connectivity index (χ2v) is 19.4. The molecule has 0 aliphatic heterocycles. The molecule has 5 heteroatoms. The van der Waals surface area contributed by atoms with Gasteiger partial charge in [-0.2, -0.15) is 0 Å². The SMILES string of the molecule is CC1(C)c2ccccc2-c2ccc(N(c3ccc(-c4ccc(-c5nc6c7ccccc7nc(-c7ccccc7)c6n5-c5ccccc5)cc4)cc3)c3ccc4c(c3)c3ccccc3n4-c3ccccc3)cc21. The minimum atomic E-state index is -0.142. The van der Waals surface area contributed by atoms with Crippen molar-refractivity contribution in [2.45, 2.75) is 19.3 Å². The van der Waals surface area contributed by atoms with Crippen molar-refractivity contribution in [1.29, 1.82) is 0 Å². The van der Waals surface area contributed by atoms with Crippen LogP contribution >= 0.6 is 0 Å². The number of rotatable bonds is 8. The first-order valence-corrected chi connectivity index (χ1v) is 24.7. The van der Waals surface area contributed by atoms with Gasteiger partial charge in [0.1, 0.15) is 16.9 Å². The Balaban J connectivity index is 0.884. The summed E-state index contributed by atoms with van der Waals surface area (Å²) in [7, 11) is 0. The summed E-state index contributed by atoms with van der Waals surface area (Å²) in [5.41, 5.74) is 21.1. The van der Waals surface area contributed by atoms with Gasteiger partial charge in [0.15, 0.2) is 0 Å². The van der Waals surface area contributed by atoms with Crippen LogP contribution in [0.15, 0.2) is 249 Å². The molecule has 0 saturated carbocycles. The number of fused-ring (bicyclic) bond motifs is 9. The number of hydrogen-bond acceptors (Lipinski definition) is 3. The van der Waals surface area contributed by atoms with Crippen molar-refractivity contribution in [3.05, 3.63) is 260 Å². The van der Waals surface area contributed by atoms with Crippen LogP contribution in [-0.4, -0.2) is 19.1 Å². The molecule has 0 N–H and O–H groups in total. The quantitative estimate of drug-likeness (QED) is 0.152. The van der Waals surface area contributed by atoms with E-state index >= 15 is 0 Å². The highest BCUT2D eigenvalue weighted by atomic mass is 15.1. The van der Waals surface area contributed by atoms with E-state index < -0.39 is 0 Å². The molecule has 5 nitrogen and oxygen atoms in total. The minimum absolute atomic E-state index is 0.142. The smallest absolute Gasteiger partial charge is 0.145 e. The lowest BCUT2D eigenvalue weighted by Gasteiger charge is -2.28. The van der Waals surface area contributed by atoms with Crippen LogP contribution in [0.3, 0.4) is 0 Å². The van der Waals surface area contributed by atoms with E-state index in [-0.39, 0.29) is 5.41 Å². The maximum atomic E-state index is 5.48. The van der Waals surface area contributed by atoms with Crippen LogP contribution in [0.4, 0.5) is 17.1 Å². The topological polar surface area (TPSA) is 38.9 Å². The average Bonchev–Trinajstić information content (AvgIpc) is 4.08. The van der Waals surface area contributed by atoms with E-state index in [2.05, 4.69) is 264 Å². The molecule has 72 heavy (non-hydrogen) atoms. The second kappa shape index (κ2) is 16.4. The number of imidazole rings is 1. The normalized spacial score (nSPS) is 12.7. The monoisotopic (exact) mass is 921 g/mol. The molecule has 1 aliphatic carbocycles. The first-order valence-electron chi connectivity index (χ1n) is 24.7. The van der Waals surface area contributed by atoms with E-state index in [0.29, 0.717) is 0 Å². The van der Waals surface area contributed by atoms with Gasteiger partial charge in [-0.25, -0.2) is 9.97 Å². The lowest BCUT2D eigenvalue weighted by Crippen LogP contribution is -2.16. The van der Waals surface area contributed by atoms with Crippen LogP contribution in [0, 0.1) is 0 Å². The Morgan fingerprint density at radius 2 is 0.917 bits per heavy atom. The zero-order valence-electron chi connectivity index (χ0n) is 39.9. The van der Waals surface area contributed by atoms with Crippen LogP contribution in [-0.2, 0) is 5.41 Å². The Labute approximate surface area is 418 Å². The summed E-state index contributed by atoms with van der Waals surface area (Å²) in [6.07, 6.45) is 0. The van der Waals surface area contributed by atoms with Crippen LogP contribution in [0.25, 0.3) is 100 Å². The lowest BCUT2D eigenvalue weighted by molar-refractivity contribution is 0.660. The van der Waals surface area contributed by atoms with Gasteiger partial charge in [-0.05, 0) is 112 Å². The molecule has 1 aliphatic rings. The zero-order valence-corrected chi connectivity index (χ0v) is 39.9. The first kappa shape index (κ1) is 41.6. The van der Waals surface area contributed by atoms with Crippen LogP contribution in [0.5, 0.6) is 0 Å². The molecule has 0 fully saturated rings. The van der Waals surface area contributed by atoms with Gasteiger partial charge in [-0.15, -0.1) is 0 Å². The molecule has 13 aromatic rings. The zero-order chi connectivity index (χ0) is 47.9. The second-order valence-electron chi connectivity index (χ2n) is 19.4. The van der Waals surface area contributed by atoms with E-state index in [1.165, 1.54) is 44.1 Å². The number of pyridine rings is 1. The van der Waals surface area contributed by atoms with Crippen LogP contribution in [0.1, 0.15) is 25.0 Å². The molecule has 0 radical (unpaired) electrons. The highest BCUT2D eigenvalue weighted by molar-refractivity contribution is 6.11. The van der Waals surface area contributed by atoms with Crippen molar-refractivity contribution in [3.63, 3.8) is 0 Å². The molecule has 10 aromatic carbocycles.